The monoisotopic (exact) mass is 251 g/mol. The van der Waals surface area contributed by atoms with Crippen LogP contribution < -0.4 is 10.7 Å². The van der Waals surface area contributed by atoms with Crippen LogP contribution in [0.2, 0.25) is 0 Å². The molecule has 0 atom stereocenters. The average Bonchev–Trinajstić information content (AvgIpc) is 2.39. The van der Waals surface area contributed by atoms with Gasteiger partial charge in [0.05, 0.1) is 4.92 Å². The van der Waals surface area contributed by atoms with E-state index in [-0.39, 0.29) is 5.69 Å². The summed E-state index contributed by atoms with van der Waals surface area (Å²) < 4.78 is 0. The lowest BCUT2D eigenvalue weighted by Crippen LogP contribution is -2.35. The Balaban J connectivity index is 2.19. The number of anilines is 2. The number of hydrogen-bond donors (Lipinski definition) is 2. The molecular formula is C11H17N5O2. The molecule has 1 aliphatic heterocycles. The third kappa shape index (κ3) is 2.86. The summed E-state index contributed by atoms with van der Waals surface area (Å²) in [6, 6.07) is 3.06. The van der Waals surface area contributed by atoms with Crippen molar-refractivity contribution >= 4 is 17.3 Å². The van der Waals surface area contributed by atoms with Gasteiger partial charge in [-0.2, -0.15) is 0 Å². The maximum atomic E-state index is 10.9. The van der Waals surface area contributed by atoms with Gasteiger partial charge < -0.3 is 5.32 Å². The van der Waals surface area contributed by atoms with Gasteiger partial charge in [0.1, 0.15) is 5.82 Å². The summed E-state index contributed by atoms with van der Waals surface area (Å²) >= 11 is 0. The van der Waals surface area contributed by atoms with Crippen LogP contribution in [0.4, 0.5) is 17.3 Å². The van der Waals surface area contributed by atoms with Gasteiger partial charge in [-0.15, -0.1) is 0 Å². The zero-order valence-electron chi connectivity index (χ0n) is 10.3. The van der Waals surface area contributed by atoms with E-state index in [0.29, 0.717) is 11.6 Å². The van der Waals surface area contributed by atoms with Gasteiger partial charge in [-0.25, -0.2) is 9.99 Å². The first-order valence-electron chi connectivity index (χ1n) is 6.05. The number of hydrogen-bond acceptors (Lipinski definition) is 6. The van der Waals surface area contributed by atoms with Crippen LogP contribution in [0.15, 0.2) is 12.1 Å². The molecule has 0 spiro atoms. The smallest absolute Gasteiger partial charge is 0.312 e. The van der Waals surface area contributed by atoms with Gasteiger partial charge in [-0.1, -0.05) is 6.42 Å². The van der Waals surface area contributed by atoms with E-state index in [4.69, 9.17) is 0 Å². The number of nitrogens with one attached hydrogen (secondary N) is 2. The van der Waals surface area contributed by atoms with Crippen LogP contribution in [0.3, 0.4) is 0 Å². The molecule has 0 aliphatic carbocycles. The molecule has 0 radical (unpaired) electrons. The summed E-state index contributed by atoms with van der Waals surface area (Å²) in [5.41, 5.74) is 3.05. The number of pyridine rings is 1. The minimum atomic E-state index is -0.418. The first-order chi connectivity index (χ1) is 8.70. The second kappa shape index (κ2) is 5.63. The lowest BCUT2D eigenvalue weighted by molar-refractivity contribution is -0.384. The second-order valence-electron chi connectivity index (χ2n) is 4.23. The van der Waals surface area contributed by atoms with E-state index < -0.39 is 4.92 Å². The Morgan fingerprint density at radius 3 is 2.67 bits per heavy atom. The van der Waals surface area contributed by atoms with Crippen molar-refractivity contribution in [2.24, 2.45) is 0 Å². The maximum absolute atomic E-state index is 10.9. The zero-order chi connectivity index (χ0) is 13.0. The fourth-order valence-electron chi connectivity index (χ4n) is 1.98. The number of rotatable bonds is 4. The lowest BCUT2D eigenvalue weighted by Gasteiger charge is -2.27. The second-order valence-corrected chi connectivity index (χ2v) is 4.23. The van der Waals surface area contributed by atoms with Crippen molar-refractivity contribution in [3.8, 4) is 0 Å². The summed E-state index contributed by atoms with van der Waals surface area (Å²) in [5.74, 6) is 0.911. The number of nitrogens with zero attached hydrogens (tertiary/aromatic N) is 3. The predicted molar refractivity (Wildman–Crippen MR) is 69.5 cm³/mol. The van der Waals surface area contributed by atoms with Gasteiger partial charge in [-0.05, 0) is 18.9 Å². The summed E-state index contributed by atoms with van der Waals surface area (Å²) in [4.78, 5) is 14.7. The Morgan fingerprint density at radius 1 is 1.33 bits per heavy atom. The molecule has 2 rings (SSSR count). The molecule has 1 aromatic heterocycles. The molecule has 7 nitrogen and oxygen atoms in total. The van der Waals surface area contributed by atoms with Crippen LogP contribution in [-0.2, 0) is 0 Å². The maximum Gasteiger partial charge on any atom is 0.312 e. The van der Waals surface area contributed by atoms with Gasteiger partial charge >= 0.3 is 5.69 Å². The van der Waals surface area contributed by atoms with E-state index in [1.807, 2.05) is 5.01 Å². The molecule has 1 aliphatic rings. The van der Waals surface area contributed by atoms with Crippen LogP contribution in [0.1, 0.15) is 19.3 Å². The first kappa shape index (κ1) is 12.6. The number of aromatic nitrogens is 1. The lowest BCUT2D eigenvalue weighted by atomic mass is 10.2. The quantitative estimate of drug-likeness (QED) is 0.627. The van der Waals surface area contributed by atoms with E-state index in [0.717, 1.165) is 25.9 Å². The molecule has 1 saturated heterocycles. The summed E-state index contributed by atoms with van der Waals surface area (Å²) in [5, 5.41) is 15.8. The van der Waals surface area contributed by atoms with E-state index >= 15 is 0 Å². The number of nitro groups is 1. The average molecular weight is 251 g/mol. The van der Waals surface area contributed by atoms with Crippen LogP contribution in [0, 0.1) is 10.1 Å². The molecule has 1 fully saturated rings. The Morgan fingerprint density at radius 2 is 2.06 bits per heavy atom. The molecule has 2 heterocycles. The minimum Gasteiger partial charge on any atom is -0.373 e. The third-order valence-corrected chi connectivity index (χ3v) is 2.95. The fraction of sp³-hybridized carbons (Fsp3) is 0.545. The highest BCUT2D eigenvalue weighted by atomic mass is 16.6. The highest BCUT2D eigenvalue weighted by Gasteiger charge is 2.19. The van der Waals surface area contributed by atoms with E-state index in [1.54, 1.807) is 13.1 Å². The number of hydrazine groups is 1. The van der Waals surface area contributed by atoms with Crippen molar-refractivity contribution in [3.05, 3.63) is 22.2 Å². The molecule has 0 unspecified atom stereocenters. The van der Waals surface area contributed by atoms with Crippen molar-refractivity contribution in [1.29, 1.82) is 0 Å². The third-order valence-electron chi connectivity index (χ3n) is 2.95. The standard InChI is InChI=1S/C11H17N5O2/c1-12-10-6-5-9(16(17)18)11(13-10)14-15-7-3-2-4-8-15/h5-6H,2-4,7-8H2,1H3,(H2,12,13,14). The van der Waals surface area contributed by atoms with E-state index in [2.05, 4.69) is 15.7 Å². The van der Waals surface area contributed by atoms with Crippen LogP contribution >= 0.6 is 0 Å². The van der Waals surface area contributed by atoms with Crippen LogP contribution in [-0.4, -0.2) is 35.1 Å². The predicted octanol–water partition coefficient (Wildman–Crippen LogP) is 1.84. The highest BCUT2D eigenvalue weighted by molar-refractivity contribution is 5.59. The minimum absolute atomic E-state index is 0.000395. The first-order valence-corrected chi connectivity index (χ1v) is 6.05. The van der Waals surface area contributed by atoms with Gasteiger partial charge in [0, 0.05) is 26.2 Å². The highest BCUT2D eigenvalue weighted by Crippen LogP contribution is 2.25. The molecule has 0 aromatic carbocycles. The molecule has 98 valence electrons. The van der Waals surface area contributed by atoms with Gasteiger partial charge in [-0.3, -0.25) is 15.5 Å². The van der Waals surface area contributed by atoms with Gasteiger partial charge in [0.15, 0.2) is 0 Å². The van der Waals surface area contributed by atoms with E-state index in [1.165, 1.54) is 12.5 Å². The summed E-state index contributed by atoms with van der Waals surface area (Å²) in [6.07, 6.45) is 3.42. The van der Waals surface area contributed by atoms with Gasteiger partial charge in [0.2, 0.25) is 5.82 Å². The normalized spacial score (nSPS) is 16.3. The molecule has 7 heteroatoms. The fourth-order valence-corrected chi connectivity index (χ4v) is 1.98. The Hall–Kier alpha value is -1.89. The Kier molecular flexibility index (Phi) is 3.93. The Bertz CT molecular complexity index is 431. The summed E-state index contributed by atoms with van der Waals surface area (Å²) in [7, 11) is 1.73. The summed E-state index contributed by atoms with van der Waals surface area (Å²) in [6.45, 7) is 1.78. The van der Waals surface area contributed by atoms with Crippen molar-refractivity contribution in [2.75, 3.05) is 30.9 Å². The van der Waals surface area contributed by atoms with Gasteiger partial charge in [0.25, 0.3) is 0 Å². The molecule has 1 aromatic rings. The van der Waals surface area contributed by atoms with Crippen molar-refractivity contribution in [1.82, 2.24) is 9.99 Å². The molecule has 0 bridgehead atoms. The SMILES string of the molecule is CNc1ccc([N+](=O)[O-])c(NN2CCCCC2)n1. The molecular weight excluding hydrogens is 234 g/mol. The molecule has 2 N–H and O–H groups in total. The number of piperidine rings is 1. The molecule has 18 heavy (non-hydrogen) atoms. The Labute approximate surface area is 105 Å². The topological polar surface area (TPSA) is 83.3 Å². The molecule has 0 amide bonds. The van der Waals surface area contributed by atoms with Crippen LogP contribution in [0.25, 0.3) is 0 Å². The van der Waals surface area contributed by atoms with Crippen molar-refractivity contribution < 1.29 is 4.92 Å². The van der Waals surface area contributed by atoms with Crippen molar-refractivity contribution in [3.63, 3.8) is 0 Å². The largest absolute Gasteiger partial charge is 0.373 e. The van der Waals surface area contributed by atoms with Crippen LogP contribution in [0.5, 0.6) is 0 Å². The molecule has 0 saturated carbocycles. The van der Waals surface area contributed by atoms with Crippen molar-refractivity contribution in [2.45, 2.75) is 19.3 Å². The van der Waals surface area contributed by atoms with E-state index in [9.17, 15) is 10.1 Å². The zero-order valence-corrected chi connectivity index (χ0v) is 10.3.